The lowest BCUT2D eigenvalue weighted by Crippen LogP contribution is -2.25. The van der Waals surface area contributed by atoms with Gasteiger partial charge in [0.05, 0.1) is 12.1 Å². The molecule has 2 unspecified atom stereocenters. The molecule has 2 aromatic rings. The molecule has 0 aliphatic carbocycles. The van der Waals surface area contributed by atoms with Gasteiger partial charge in [0, 0.05) is 12.0 Å². The molecule has 1 aromatic heterocycles. The van der Waals surface area contributed by atoms with Gasteiger partial charge < -0.3 is 14.9 Å². The number of benzene rings is 1. The molecule has 4 heteroatoms. The second kappa shape index (κ2) is 4.85. The summed E-state index contributed by atoms with van der Waals surface area (Å²) in [4.78, 5) is 0. The molecule has 0 aliphatic heterocycles. The SMILES string of the molecule is CCOC(C)C(N)c1cc2cc(F)ccc2o1. The summed E-state index contributed by atoms with van der Waals surface area (Å²) in [7, 11) is 0. The lowest BCUT2D eigenvalue weighted by atomic mass is 10.1. The first kappa shape index (κ1) is 12.1. The van der Waals surface area contributed by atoms with Crippen molar-refractivity contribution in [3.8, 4) is 0 Å². The molecule has 0 bridgehead atoms. The number of nitrogens with two attached hydrogens (primary N) is 1. The molecule has 0 amide bonds. The zero-order chi connectivity index (χ0) is 12.4. The molecular weight excluding hydrogens is 221 g/mol. The molecule has 0 radical (unpaired) electrons. The standard InChI is InChI=1S/C13H16FNO2/c1-3-16-8(2)13(15)12-7-9-6-10(14)4-5-11(9)17-12/h4-8,13H,3,15H2,1-2H3. The third-order valence-electron chi connectivity index (χ3n) is 2.76. The van der Waals surface area contributed by atoms with Gasteiger partial charge in [-0.3, -0.25) is 0 Å². The molecule has 0 saturated heterocycles. The maximum atomic E-state index is 13.0. The van der Waals surface area contributed by atoms with Gasteiger partial charge in [0.15, 0.2) is 0 Å². The number of hydrogen-bond acceptors (Lipinski definition) is 3. The minimum Gasteiger partial charge on any atom is -0.459 e. The molecule has 0 spiro atoms. The minimum absolute atomic E-state index is 0.134. The summed E-state index contributed by atoms with van der Waals surface area (Å²) in [5.74, 6) is 0.336. The Kier molecular flexibility index (Phi) is 3.45. The number of furan rings is 1. The van der Waals surface area contributed by atoms with Crippen molar-refractivity contribution in [1.29, 1.82) is 0 Å². The monoisotopic (exact) mass is 237 g/mol. The third-order valence-corrected chi connectivity index (χ3v) is 2.76. The normalized spacial score (nSPS) is 15.1. The van der Waals surface area contributed by atoms with Crippen molar-refractivity contribution in [2.75, 3.05) is 6.61 Å². The van der Waals surface area contributed by atoms with Crippen molar-refractivity contribution in [2.24, 2.45) is 5.73 Å². The van der Waals surface area contributed by atoms with Crippen LogP contribution in [0, 0.1) is 5.82 Å². The second-order valence-corrected chi connectivity index (χ2v) is 4.02. The van der Waals surface area contributed by atoms with Crippen molar-refractivity contribution in [3.63, 3.8) is 0 Å². The van der Waals surface area contributed by atoms with Gasteiger partial charge in [0.1, 0.15) is 17.2 Å². The first-order valence-electron chi connectivity index (χ1n) is 5.68. The van der Waals surface area contributed by atoms with E-state index in [1.54, 1.807) is 12.1 Å². The van der Waals surface area contributed by atoms with Gasteiger partial charge in [-0.05, 0) is 38.1 Å². The molecule has 17 heavy (non-hydrogen) atoms. The van der Waals surface area contributed by atoms with E-state index < -0.39 is 0 Å². The Bertz CT molecular complexity index is 509. The number of halogens is 1. The van der Waals surface area contributed by atoms with Gasteiger partial charge in [-0.1, -0.05) is 0 Å². The fourth-order valence-electron chi connectivity index (χ4n) is 1.80. The summed E-state index contributed by atoms with van der Waals surface area (Å²) >= 11 is 0. The van der Waals surface area contributed by atoms with Crippen LogP contribution in [0.2, 0.25) is 0 Å². The number of fused-ring (bicyclic) bond motifs is 1. The van der Waals surface area contributed by atoms with Crippen LogP contribution in [-0.4, -0.2) is 12.7 Å². The number of ether oxygens (including phenoxy) is 1. The molecule has 0 fully saturated rings. The van der Waals surface area contributed by atoms with Gasteiger partial charge in [-0.25, -0.2) is 4.39 Å². The molecule has 1 heterocycles. The van der Waals surface area contributed by atoms with Crippen LogP contribution in [0.1, 0.15) is 25.6 Å². The largest absolute Gasteiger partial charge is 0.459 e. The van der Waals surface area contributed by atoms with Crippen LogP contribution in [0.15, 0.2) is 28.7 Å². The van der Waals surface area contributed by atoms with E-state index in [1.807, 2.05) is 13.8 Å². The number of rotatable bonds is 4. The van der Waals surface area contributed by atoms with Crippen LogP contribution < -0.4 is 5.73 Å². The summed E-state index contributed by atoms with van der Waals surface area (Å²) in [6.07, 6.45) is -0.134. The average Bonchev–Trinajstić information content (AvgIpc) is 2.71. The highest BCUT2D eigenvalue weighted by molar-refractivity contribution is 5.78. The molecular formula is C13H16FNO2. The zero-order valence-electron chi connectivity index (χ0n) is 9.94. The highest BCUT2D eigenvalue weighted by Gasteiger charge is 2.19. The maximum Gasteiger partial charge on any atom is 0.134 e. The highest BCUT2D eigenvalue weighted by atomic mass is 19.1. The van der Waals surface area contributed by atoms with Crippen LogP contribution in [0.3, 0.4) is 0 Å². The van der Waals surface area contributed by atoms with Crippen LogP contribution >= 0.6 is 0 Å². The van der Waals surface area contributed by atoms with Gasteiger partial charge in [-0.2, -0.15) is 0 Å². The molecule has 0 aliphatic rings. The third kappa shape index (κ3) is 2.48. The van der Waals surface area contributed by atoms with Crippen LogP contribution in [-0.2, 0) is 4.74 Å². The van der Waals surface area contributed by atoms with Crippen molar-refractivity contribution >= 4 is 11.0 Å². The van der Waals surface area contributed by atoms with E-state index in [0.717, 1.165) is 5.39 Å². The van der Waals surface area contributed by atoms with Gasteiger partial charge in [-0.15, -0.1) is 0 Å². The van der Waals surface area contributed by atoms with E-state index in [-0.39, 0.29) is 18.0 Å². The minimum atomic E-state index is -0.342. The van der Waals surface area contributed by atoms with E-state index in [4.69, 9.17) is 14.9 Å². The molecule has 2 atom stereocenters. The Balaban J connectivity index is 2.29. The molecule has 3 nitrogen and oxygen atoms in total. The molecule has 0 saturated carbocycles. The molecule has 2 N–H and O–H groups in total. The number of hydrogen-bond donors (Lipinski definition) is 1. The highest BCUT2D eigenvalue weighted by Crippen LogP contribution is 2.25. The van der Waals surface area contributed by atoms with E-state index >= 15 is 0 Å². The van der Waals surface area contributed by atoms with Crippen LogP contribution in [0.4, 0.5) is 4.39 Å². The summed E-state index contributed by atoms with van der Waals surface area (Å²) < 4.78 is 24.0. The average molecular weight is 237 g/mol. The molecule has 92 valence electrons. The second-order valence-electron chi connectivity index (χ2n) is 4.02. The predicted molar refractivity (Wildman–Crippen MR) is 64.2 cm³/mol. The molecule has 2 rings (SSSR count). The Morgan fingerprint density at radius 2 is 2.18 bits per heavy atom. The summed E-state index contributed by atoms with van der Waals surface area (Å²) in [6.45, 7) is 4.41. The van der Waals surface area contributed by atoms with Crippen LogP contribution in [0.5, 0.6) is 0 Å². The summed E-state index contributed by atoms with van der Waals surface area (Å²) in [5, 5.41) is 0.721. The quantitative estimate of drug-likeness (QED) is 0.889. The Labute approximate surface area is 99.4 Å². The first-order valence-corrected chi connectivity index (χ1v) is 5.68. The van der Waals surface area contributed by atoms with Crippen molar-refractivity contribution in [3.05, 3.63) is 35.8 Å². The molecule has 1 aromatic carbocycles. The van der Waals surface area contributed by atoms with Crippen molar-refractivity contribution in [1.82, 2.24) is 0 Å². The van der Waals surface area contributed by atoms with Gasteiger partial charge in [0.2, 0.25) is 0 Å². The lowest BCUT2D eigenvalue weighted by molar-refractivity contribution is 0.0527. The van der Waals surface area contributed by atoms with Gasteiger partial charge in [0.25, 0.3) is 0 Å². The first-order chi connectivity index (χ1) is 8.11. The fourth-order valence-corrected chi connectivity index (χ4v) is 1.80. The fraction of sp³-hybridized carbons (Fsp3) is 0.385. The van der Waals surface area contributed by atoms with E-state index in [0.29, 0.717) is 18.0 Å². The van der Waals surface area contributed by atoms with Crippen LogP contribution in [0.25, 0.3) is 11.0 Å². The van der Waals surface area contributed by atoms with E-state index in [2.05, 4.69) is 0 Å². The van der Waals surface area contributed by atoms with E-state index in [1.165, 1.54) is 12.1 Å². The Morgan fingerprint density at radius 1 is 1.41 bits per heavy atom. The van der Waals surface area contributed by atoms with E-state index in [9.17, 15) is 4.39 Å². The maximum absolute atomic E-state index is 13.0. The summed E-state index contributed by atoms with van der Waals surface area (Å²) in [5.41, 5.74) is 6.65. The smallest absolute Gasteiger partial charge is 0.134 e. The van der Waals surface area contributed by atoms with Crippen molar-refractivity contribution in [2.45, 2.75) is 26.0 Å². The zero-order valence-corrected chi connectivity index (χ0v) is 9.94. The van der Waals surface area contributed by atoms with Gasteiger partial charge >= 0.3 is 0 Å². The Morgan fingerprint density at radius 3 is 2.88 bits per heavy atom. The van der Waals surface area contributed by atoms with Crippen molar-refractivity contribution < 1.29 is 13.5 Å². The summed E-state index contributed by atoms with van der Waals surface area (Å²) in [6, 6.07) is 5.82. The lowest BCUT2D eigenvalue weighted by Gasteiger charge is -2.17. The Hall–Kier alpha value is -1.39. The topological polar surface area (TPSA) is 48.4 Å². The predicted octanol–water partition coefficient (Wildman–Crippen LogP) is 3.00.